The van der Waals surface area contributed by atoms with Gasteiger partial charge in [-0.15, -0.1) is 0 Å². The highest BCUT2D eigenvalue weighted by Crippen LogP contribution is 2.17. The number of nitrogens with zero attached hydrogens (tertiary/aromatic N) is 3. The summed E-state index contributed by atoms with van der Waals surface area (Å²) >= 11 is 0. The molecule has 0 saturated heterocycles. The third kappa shape index (κ3) is 1.42. The van der Waals surface area contributed by atoms with Crippen molar-refractivity contribution in [1.29, 1.82) is 5.26 Å². The Labute approximate surface area is 68.2 Å². The van der Waals surface area contributed by atoms with Crippen LogP contribution >= 0.6 is 0 Å². The van der Waals surface area contributed by atoms with Crippen molar-refractivity contribution in [2.45, 2.75) is 19.9 Å². The first-order chi connectivity index (χ1) is 5.69. The molecule has 12 heavy (non-hydrogen) atoms. The van der Waals surface area contributed by atoms with E-state index in [2.05, 4.69) is 5.10 Å². The Kier molecular flexibility index (Phi) is 2.38. The molecule has 0 unspecified atom stereocenters. The van der Waals surface area contributed by atoms with Gasteiger partial charge in [0.25, 0.3) is 6.43 Å². The fourth-order valence-electron chi connectivity index (χ4n) is 0.874. The predicted molar refractivity (Wildman–Crippen MR) is 37.6 cm³/mol. The molecule has 0 atom stereocenters. The highest BCUT2D eigenvalue weighted by Gasteiger charge is 2.13. The Morgan fingerprint density at radius 2 is 2.42 bits per heavy atom. The molecule has 0 fully saturated rings. The second kappa shape index (κ2) is 3.30. The monoisotopic (exact) mass is 171 g/mol. The molecule has 0 spiro atoms. The zero-order chi connectivity index (χ0) is 9.14. The van der Waals surface area contributed by atoms with Crippen molar-refractivity contribution in [3.8, 4) is 6.07 Å². The molecule has 1 heterocycles. The number of aromatic nitrogens is 2. The maximum absolute atomic E-state index is 12.0. The summed E-state index contributed by atoms with van der Waals surface area (Å²) in [6.07, 6.45) is -2.61. The molecule has 0 amide bonds. The van der Waals surface area contributed by atoms with E-state index < -0.39 is 6.43 Å². The van der Waals surface area contributed by atoms with Crippen molar-refractivity contribution in [2.75, 3.05) is 0 Å². The minimum atomic E-state index is -2.61. The lowest BCUT2D eigenvalue weighted by atomic mass is 10.4. The van der Waals surface area contributed by atoms with Gasteiger partial charge in [-0.1, -0.05) is 0 Å². The van der Waals surface area contributed by atoms with Crippen LogP contribution in [0.2, 0.25) is 0 Å². The molecule has 1 aromatic heterocycles. The molecule has 1 aromatic rings. The second-order valence-corrected chi connectivity index (χ2v) is 2.18. The van der Waals surface area contributed by atoms with Crippen LogP contribution < -0.4 is 0 Å². The lowest BCUT2D eigenvalue weighted by Gasteiger charge is -1.94. The lowest BCUT2D eigenvalue weighted by Crippen LogP contribution is -1.99. The van der Waals surface area contributed by atoms with Gasteiger partial charge in [0.1, 0.15) is 17.5 Å². The smallest absolute Gasteiger partial charge is 0.255 e. The number of halogens is 2. The Hall–Kier alpha value is -1.44. The Morgan fingerprint density at radius 1 is 1.75 bits per heavy atom. The van der Waals surface area contributed by atoms with Gasteiger partial charge in [-0.25, -0.2) is 8.78 Å². The third-order valence-electron chi connectivity index (χ3n) is 1.44. The van der Waals surface area contributed by atoms with Crippen LogP contribution in [-0.2, 0) is 6.54 Å². The van der Waals surface area contributed by atoms with Crippen molar-refractivity contribution in [2.24, 2.45) is 0 Å². The molecule has 0 bridgehead atoms. The van der Waals surface area contributed by atoms with Crippen LogP contribution in [0.25, 0.3) is 0 Å². The van der Waals surface area contributed by atoms with E-state index in [9.17, 15) is 8.78 Å². The van der Waals surface area contributed by atoms with Gasteiger partial charge in [0.05, 0.1) is 0 Å². The Morgan fingerprint density at radius 3 is 2.75 bits per heavy atom. The first-order valence-corrected chi connectivity index (χ1v) is 3.45. The molecule has 0 saturated carbocycles. The molecule has 5 heteroatoms. The van der Waals surface area contributed by atoms with Crippen LogP contribution in [0, 0.1) is 11.3 Å². The summed E-state index contributed by atoms with van der Waals surface area (Å²) in [5, 5.41) is 12.0. The molecule has 0 N–H and O–H groups in total. The van der Waals surface area contributed by atoms with Gasteiger partial charge in [0.15, 0.2) is 0 Å². The summed E-state index contributed by atoms with van der Waals surface area (Å²) in [6, 6.07) is 2.89. The highest BCUT2D eigenvalue weighted by molar-refractivity contribution is 5.23. The van der Waals surface area contributed by atoms with E-state index in [0.717, 1.165) is 6.07 Å². The molecule has 0 aromatic carbocycles. The van der Waals surface area contributed by atoms with Crippen molar-refractivity contribution >= 4 is 0 Å². The van der Waals surface area contributed by atoms with Crippen LogP contribution in [0.5, 0.6) is 0 Å². The molecule has 0 aliphatic rings. The second-order valence-electron chi connectivity index (χ2n) is 2.18. The quantitative estimate of drug-likeness (QED) is 0.679. The van der Waals surface area contributed by atoms with Crippen LogP contribution in [0.3, 0.4) is 0 Å². The largest absolute Gasteiger partial charge is 0.282 e. The molecular weight excluding hydrogens is 164 g/mol. The number of rotatable bonds is 2. The Balaban J connectivity index is 3.07. The number of hydrogen-bond acceptors (Lipinski definition) is 2. The topological polar surface area (TPSA) is 41.6 Å². The lowest BCUT2D eigenvalue weighted by molar-refractivity contribution is 0.145. The van der Waals surface area contributed by atoms with E-state index in [0.29, 0.717) is 6.54 Å². The molecule has 1 rings (SSSR count). The first kappa shape index (κ1) is 8.65. The number of alkyl halides is 2. The molecule has 0 aliphatic carbocycles. The fourth-order valence-corrected chi connectivity index (χ4v) is 0.874. The summed E-state index contributed by atoms with van der Waals surface area (Å²) in [6.45, 7) is 2.17. The summed E-state index contributed by atoms with van der Waals surface area (Å²) in [7, 11) is 0. The van der Waals surface area contributed by atoms with Crippen molar-refractivity contribution in [1.82, 2.24) is 9.78 Å². The van der Waals surface area contributed by atoms with Gasteiger partial charge >= 0.3 is 0 Å². The standard InChI is InChI=1S/C7H7F2N3/c1-2-12-5(4-10)3-6(11-12)7(8)9/h3,7H,2H2,1H3. The van der Waals surface area contributed by atoms with Gasteiger partial charge < -0.3 is 0 Å². The van der Waals surface area contributed by atoms with E-state index in [1.807, 2.05) is 0 Å². The van der Waals surface area contributed by atoms with E-state index in [4.69, 9.17) is 5.26 Å². The van der Waals surface area contributed by atoms with E-state index in [1.165, 1.54) is 4.68 Å². The predicted octanol–water partition coefficient (Wildman–Crippen LogP) is 1.71. The average molecular weight is 171 g/mol. The summed E-state index contributed by atoms with van der Waals surface area (Å²) in [5.41, 5.74) is -0.166. The average Bonchev–Trinajstić information content (AvgIpc) is 2.46. The van der Waals surface area contributed by atoms with Crippen LogP contribution in [0.1, 0.15) is 24.7 Å². The molecule has 0 radical (unpaired) electrons. The normalized spacial score (nSPS) is 10.2. The number of hydrogen-bond donors (Lipinski definition) is 0. The maximum Gasteiger partial charge on any atom is 0.282 e. The van der Waals surface area contributed by atoms with E-state index in [1.54, 1.807) is 13.0 Å². The highest BCUT2D eigenvalue weighted by atomic mass is 19.3. The summed E-state index contributed by atoms with van der Waals surface area (Å²) < 4.78 is 25.3. The van der Waals surface area contributed by atoms with Gasteiger partial charge in [-0.05, 0) is 6.92 Å². The first-order valence-electron chi connectivity index (χ1n) is 3.45. The zero-order valence-corrected chi connectivity index (χ0v) is 6.46. The van der Waals surface area contributed by atoms with Crippen LogP contribution in [0.4, 0.5) is 8.78 Å². The summed E-state index contributed by atoms with van der Waals surface area (Å²) in [4.78, 5) is 0. The minimum absolute atomic E-state index is 0.174. The van der Waals surface area contributed by atoms with Crippen LogP contribution in [-0.4, -0.2) is 9.78 Å². The SMILES string of the molecule is CCn1nc(C(F)F)cc1C#N. The minimum Gasteiger partial charge on any atom is -0.255 e. The van der Waals surface area contributed by atoms with Crippen molar-refractivity contribution < 1.29 is 8.78 Å². The van der Waals surface area contributed by atoms with E-state index in [-0.39, 0.29) is 11.4 Å². The van der Waals surface area contributed by atoms with Crippen molar-refractivity contribution in [3.05, 3.63) is 17.5 Å². The molecular formula is C7H7F2N3. The fraction of sp³-hybridized carbons (Fsp3) is 0.429. The Bertz CT molecular complexity index is 311. The zero-order valence-electron chi connectivity index (χ0n) is 6.46. The van der Waals surface area contributed by atoms with E-state index >= 15 is 0 Å². The number of aryl methyl sites for hydroxylation is 1. The molecule has 3 nitrogen and oxygen atoms in total. The van der Waals surface area contributed by atoms with Gasteiger partial charge in [0, 0.05) is 12.6 Å². The maximum atomic E-state index is 12.0. The van der Waals surface area contributed by atoms with Gasteiger partial charge in [-0.3, -0.25) is 4.68 Å². The number of nitriles is 1. The van der Waals surface area contributed by atoms with Crippen LogP contribution in [0.15, 0.2) is 6.07 Å². The van der Waals surface area contributed by atoms with Crippen molar-refractivity contribution in [3.63, 3.8) is 0 Å². The molecule has 0 aliphatic heterocycles. The summed E-state index contributed by atoms with van der Waals surface area (Å²) in [5.74, 6) is 0. The molecule has 64 valence electrons. The van der Waals surface area contributed by atoms with Gasteiger partial charge in [0.2, 0.25) is 0 Å². The van der Waals surface area contributed by atoms with Gasteiger partial charge in [-0.2, -0.15) is 10.4 Å². The third-order valence-corrected chi connectivity index (χ3v) is 1.44.